The standard InChI is InChI=1S/C13H13F3N2/c14-13(15,16)11-5-1-3-9-6-7-10(4-2-8-17)18-12(9)11/h1,3,5-7H,2,4,8,17H2. The number of aryl methyl sites for hydroxylation is 1. The first kappa shape index (κ1) is 12.8. The lowest BCUT2D eigenvalue weighted by molar-refractivity contribution is -0.136. The quantitative estimate of drug-likeness (QED) is 0.913. The second-order valence-electron chi connectivity index (χ2n) is 4.07. The minimum Gasteiger partial charge on any atom is -0.330 e. The number of rotatable bonds is 3. The Bertz CT molecular complexity index is 549. The number of halogens is 3. The van der Waals surface area contributed by atoms with Gasteiger partial charge in [0.25, 0.3) is 0 Å². The van der Waals surface area contributed by atoms with E-state index in [-0.39, 0.29) is 5.52 Å². The molecular weight excluding hydrogens is 241 g/mol. The van der Waals surface area contributed by atoms with Gasteiger partial charge in [0.15, 0.2) is 0 Å². The van der Waals surface area contributed by atoms with E-state index >= 15 is 0 Å². The first-order valence-electron chi connectivity index (χ1n) is 5.68. The summed E-state index contributed by atoms with van der Waals surface area (Å²) in [4.78, 5) is 4.10. The van der Waals surface area contributed by atoms with Crippen molar-refractivity contribution in [3.05, 3.63) is 41.6 Å². The summed E-state index contributed by atoms with van der Waals surface area (Å²) in [5.74, 6) is 0. The largest absolute Gasteiger partial charge is 0.418 e. The summed E-state index contributed by atoms with van der Waals surface area (Å²) in [5.41, 5.74) is 5.35. The van der Waals surface area contributed by atoms with Gasteiger partial charge in [-0.2, -0.15) is 13.2 Å². The molecule has 2 aromatic rings. The van der Waals surface area contributed by atoms with Crippen LogP contribution in [0.2, 0.25) is 0 Å². The van der Waals surface area contributed by atoms with Gasteiger partial charge in [-0.25, -0.2) is 0 Å². The maximum absolute atomic E-state index is 12.8. The third kappa shape index (κ3) is 2.61. The van der Waals surface area contributed by atoms with E-state index in [1.54, 1.807) is 18.2 Å². The maximum atomic E-state index is 12.8. The SMILES string of the molecule is NCCCc1ccc2cccc(C(F)(F)F)c2n1. The molecule has 0 saturated carbocycles. The van der Waals surface area contributed by atoms with Crippen LogP contribution in [0.25, 0.3) is 10.9 Å². The molecule has 1 aromatic carbocycles. The molecule has 0 bridgehead atoms. The highest BCUT2D eigenvalue weighted by Gasteiger charge is 2.33. The van der Waals surface area contributed by atoms with Crippen LogP contribution in [0.1, 0.15) is 17.7 Å². The average molecular weight is 254 g/mol. The highest BCUT2D eigenvalue weighted by molar-refractivity contribution is 5.82. The molecule has 0 amide bonds. The number of nitrogens with two attached hydrogens (primary N) is 1. The number of alkyl halides is 3. The smallest absolute Gasteiger partial charge is 0.330 e. The normalized spacial score (nSPS) is 12.0. The average Bonchev–Trinajstić information content (AvgIpc) is 2.34. The lowest BCUT2D eigenvalue weighted by Crippen LogP contribution is -2.07. The summed E-state index contributed by atoms with van der Waals surface area (Å²) in [6, 6.07) is 7.50. The summed E-state index contributed by atoms with van der Waals surface area (Å²) in [7, 11) is 0. The predicted octanol–water partition coefficient (Wildman–Crippen LogP) is 3.14. The number of hydrogen-bond acceptors (Lipinski definition) is 2. The van der Waals surface area contributed by atoms with E-state index in [0.29, 0.717) is 30.5 Å². The van der Waals surface area contributed by atoms with E-state index in [0.717, 1.165) is 6.07 Å². The van der Waals surface area contributed by atoms with Gasteiger partial charge in [-0.05, 0) is 31.5 Å². The topological polar surface area (TPSA) is 38.9 Å². The first-order chi connectivity index (χ1) is 8.52. The fraction of sp³-hybridized carbons (Fsp3) is 0.308. The molecule has 0 saturated heterocycles. The Hall–Kier alpha value is -1.62. The number of benzene rings is 1. The van der Waals surface area contributed by atoms with Crippen LogP contribution in [-0.2, 0) is 12.6 Å². The number of nitrogens with zero attached hydrogens (tertiary/aromatic N) is 1. The fourth-order valence-corrected chi connectivity index (χ4v) is 1.84. The van der Waals surface area contributed by atoms with Crippen LogP contribution < -0.4 is 5.73 Å². The highest BCUT2D eigenvalue weighted by Crippen LogP contribution is 2.33. The molecule has 0 atom stereocenters. The number of aromatic nitrogens is 1. The van der Waals surface area contributed by atoms with Gasteiger partial charge in [-0.1, -0.05) is 18.2 Å². The molecule has 0 spiro atoms. The number of para-hydroxylation sites is 1. The zero-order valence-corrected chi connectivity index (χ0v) is 9.67. The zero-order valence-electron chi connectivity index (χ0n) is 9.67. The van der Waals surface area contributed by atoms with Crippen molar-refractivity contribution in [1.29, 1.82) is 0 Å². The Morgan fingerprint density at radius 2 is 1.89 bits per heavy atom. The molecule has 96 valence electrons. The molecule has 0 aliphatic carbocycles. The van der Waals surface area contributed by atoms with Crippen molar-refractivity contribution in [3.63, 3.8) is 0 Å². The summed E-state index contributed by atoms with van der Waals surface area (Å²) < 4.78 is 38.5. The third-order valence-electron chi connectivity index (χ3n) is 2.72. The van der Waals surface area contributed by atoms with Gasteiger partial charge in [0, 0.05) is 11.1 Å². The molecule has 0 radical (unpaired) electrons. The van der Waals surface area contributed by atoms with Gasteiger partial charge < -0.3 is 5.73 Å². The highest BCUT2D eigenvalue weighted by atomic mass is 19.4. The van der Waals surface area contributed by atoms with Crippen LogP contribution in [0.5, 0.6) is 0 Å². The van der Waals surface area contributed by atoms with Crippen LogP contribution in [0.4, 0.5) is 13.2 Å². The number of fused-ring (bicyclic) bond motifs is 1. The fourth-order valence-electron chi connectivity index (χ4n) is 1.84. The Morgan fingerprint density at radius 3 is 2.56 bits per heavy atom. The summed E-state index contributed by atoms with van der Waals surface area (Å²) in [6.07, 6.45) is -3.07. The molecule has 1 heterocycles. The Balaban J connectivity index is 2.52. The Labute approximate surface area is 103 Å². The van der Waals surface area contributed by atoms with Gasteiger partial charge in [-0.3, -0.25) is 4.98 Å². The van der Waals surface area contributed by atoms with Gasteiger partial charge in [0.05, 0.1) is 11.1 Å². The second-order valence-corrected chi connectivity index (χ2v) is 4.07. The van der Waals surface area contributed by atoms with Crippen molar-refractivity contribution in [2.45, 2.75) is 19.0 Å². The molecule has 0 fully saturated rings. The maximum Gasteiger partial charge on any atom is 0.418 e. The van der Waals surface area contributed by atoms with E-state index in [1.807, 2.05) is 0 Å². The summed E-state index contributed by atoms with van der Waals surface area (Å²) in [6.45, 7) is 0.501. The molecule has 2 nitrogen and oxygen atoms in total. The van der Waals surface area contributed by atoms with Crippen molar-refractivity contribution >= 4 is 10.9 Å². The summed E-state index contributed by atoms with van der Waals surface area (Å²) >= 11 is 0. The van der Waals surface area contributed by atoms with Crippen LogP contribution in [0.15, 0.2) is 30.3 Å². The van der Waals surface area contributed by atoms with E-state index in [4.69, 9.17) is 5.73 Å². The zero-order chi connectivity index (χ0) is 13.2. The van der Waals surface area contributed by atoms with Crippen molar-refractivity contribution in [2.24, 2.45) is 5.73 Å². The first-order valence-corrected chi connectivity index (χ1v) is 5.68. The molecule has 0 unspecified atom stereocenters. The van der Waals surface area contributed by atoms with Gasteiger partial charge in [0.2, 0.25) is 0 Å². The predicted molar refractivity (Wildman–Crippen MR) is 64.1 cm³/mol. The molecule has 1 aromatic heterocycles. The van der Waals surface area contributed by atoms with E-state index in [1.165, 1.54) is 6.07 Å². The van der Waals surface area contributed by atoms with Crippen LogP contribution in [0, 0.1) is 0 Å². The molecule has 18 heavy (non-hydrogen) atoms. The lowest BCUT2D eigenvalue weighted by Gasteiger charge is -2.10. The number of pyridine rings is 1. The minimum absolute atomic E-state index is 0.0134. The third-order valence-corrected chi connectivity index (χ3v) is 2.72. The van der Waals surface area contributed by atoms with E-state index in [9.17, 15) is 13.2 Å². The molecule has 2 rings (SSSR count). The van der Waals surface area contributed by atoms with E-state index < -0.39 is 11.7 Å². The Morgan fingerprint density at radius 1 is 1.11 bits per heavy atom. The van der Waals surface area contributed by atoms with Crippen molar-refractivity contribution in [2.75, 3.05) is 6.54 Å². The second kappa shape index (κ2) is 4.94. The monoisotopic (exact) mass is 254 g/mol. The lowest BCUT2D eigenvalue weighted by atomic mass is 10.1. The molecule has 0 aliphatic rings. The van der Waals surface area contributed by atoms with Crippen molar-refractivity contribution in [1.82, 2.24) is 4.98 Å². The molecule has 0 aliphatic heterocycles. The Kier molecular flexibility index (Phi) is 3.52. The minimum atomic E-state index is -4.38. The molecule has 5 heteroatoms. The van der Waals surface area contributed by atoms with Crippen molar-refractivity contribution < 1.29 is 13.2 Å². The van der Waals surface area contributed by atoms with Crippen LogP contribution >= 0.6 is 0 Å². The van der Waals surface area contributed by atoms with Crippen molar-refractivity contribution in [3.8, 4) is 0 Å². The molecule has 2 N–H and O–H groups in total. The van der Waals surface area contributed by atoms with E-state index in [2.05, 4.69) is 4.98 Å². The van der Waals surface area contributed by atoms with Gasteiger partial charge in [-0.15, -0.1) is 0 Å². The van der Waals surface area contributed by atoms with Crippen LogP contribution in [0.3, 0.4) is 0 Å². The number of hydrogen-bond donors (Lipinski definition) is 1. The molecular formula is C13H13F3N2. The van der Waals surface area contributed by atoms with Crippen LogP contribution in [-0.4, -0.2) is 11.5 Å². The van der Waals surface area contributed by atoms with Gasteiger partial charge >= 0.3 is 6.18 Å². The van der Waals surface area contributed by atoms with Gasteiger partial charge in [0.1, 0.15) is 0 Å². The summed E-state index contributed by atoms with van der Waals surface area (Å²) in [5, 5.41) is 0.501.